The molecule has 0 atom stereocenters. The van der Waals surface area contributed by atoms with Crippen molar-refractivity contribution >= 4 is 40.8 Å². The van der Waals surface area contributed by atoms with Crippen LogP contribution in [0.4, 0.5) is 17.1 Å². The molecule has 0 heterocycles. The maximum absolute atomic E-state index is 10.8. The quantitative estimate of drug-likeness (QED) is 0.594. The van der Waals surface area contributed by atoms with Gasteiger partial charge in [-0.2, -0.15) is 0 Å². The lowest BCUT2D eigenvalue weighted by atomic mass is 10.2. The summed E-state index contributed by atoms with van der Waals surface area (Å²) in [5.74, 6) is -1.97. The molecule has 0 aromatic heterocycles. The first-order valence-corrected chi connectivity index (χ1v) is 4.68. The van der Waals surface area contributed by atoms with Crippen molar-refractivity contribution in [3.05, 3.63) is 36.4 Å². The Morgan fingerprint density at radius 1 is 0.895 bits per heavy atom. The molecule has 0 aliphatic rings. The molecule has 0 saturated heterocycles. The van der Waals surface area contributed by atoms with Crippen molar-refractivity contribution in [2.45, 2.75) is 0 Å². The third-order valence-electron chi connectivity index (χ3n) is 1.90. The summed E-state index contributed by atoms with van der Waals surface area (Å²) in [6.07, 6.45) is 0. The highest BCUT2D eigenvalue weighted by molar-refractivity contribution is 6.11. The van der Waals surface area contributed by atoms with Gasteiger partial charge in [-0.05, 0) is 0 Å². The first kappa shape index (κ1) is 14.7. The Hall–Kier alpha value is -2.40. The average molecular weight is 314 g/mol. The van der Waals surface area contributed by atoms with Gasteiger partial charge in [-0.1, -0.05) is 0 Å². The third-order valence-corrected chi connectivity index (χ3v) is 2.22. The van der Waals surface area contributed by atoms with Crippen molar-refractivity contribution in [2.24, 2.45) is 0 Å². The van der Waals surface area contributed by atoms with Crippen LogP contribution in [0, 0.1) is 30.3 Å². The Bertz CT molecular complexity index is 576. The molecule has 0 radical (unpaired) electrons. The highest BCUT2D eigenvalue weighted by Crippen LogP contribution is 2.49. The summed E-state index contributed by atoms with van der Waals surface area (Å²) in [5, 5.41) is 32.2. The van der Waals surface area contributed by atoms with E-state index in [1.807, 2.05) is 0 Å². The molecule has 0 aliphatic heterocycles. The number of halogens is 2. The summed E-state index contributed by atoms with van der Waals surface area (Å²) in [7, 11) is 0. The fourth-order valence-electron chi connectivity index (χ4n) is 1.22. The van der Waals surface area contributed by atoms with Gasteiger partial charge in [0.2, 0.25) is 5.75 Å². The number of hydrogen-bond acceptors (Lipinski definition) is 8. The zero-order valence-corrected chi connectivity index (χ0v) is 9.95. The van der Waals surface area contributed by atoms with Crippen LogP contribution in [-0.4, -0.2) is 14.8 Å². The highest BCUT2D eigenvalue weighted by atomic mass is 35.5. The molecular weight excluding hydrogens is 313 g/mol. The summed E-state index contributed by atoms with van der Waals surface area (Å²) in [4.78, 5) is 28.6. The minimum absolute atomic E-state index is 0.419. The van der Waals surface area contributed by atoms with E-state index < -0.39 is 43.3 Å². The number of hydrogen-bond donors (Lipinski definition) is 0. The summed E-state index contributed by atoms with van der Waals surface area (Å²) in [6.45, 7) is 0. The second-order valence-corrected chi connectivity index (χ2v) is 3.15. The molecule has 0 unspecified atom stereocenters. The molecule has 102 valence electrons. The molecule has 0 saturated carbocycles. The molecule has 0 aliphatic carbocycles. The van der Waals surface area contributed by atoms with Crippen LogP contribution in [0.15, 0.2) is 6.07 Å². The Morgan fingerprint density at radius 3 is 1.74 bits per heavy atom. The topological polar surface area (TPSA) is 148 Å². The Balaban J connectivity index is 3.87. The minimum atomic E-state index is -1.29. The van der Waals surface area contributed by atoms with E-state index in [1.165, 1.54) is 0 Å². The van der Waals surface area contributed by atoms with Gasteiger partial charge in [-0.15, -0.1) is 0 Å². The largest absolute Gasteiger partial charge is 0.397 e. The molecular formula is C6HCl2N3O8. The molecule has 0 bridgehead atoms. The van der Waals surface area contributed by atoms with Gasteiger partial charge >= 0.3 is 22.8 Å². The van der Waals surface area contributed by atoms with Crippen molar-refractivity contribution < 1.29 is 23.3 Å². The van der Waals surface area contributed by atoms with Crippen molar-refractivity contribution in [3.8, 4) is 11.5 Å². The van der Waals surface area contributed by atoms with Crippen molar-refractivity contribution in [2.75, 3.05) is 0 Å². The second kappa shape index (κ2) is 5.49. The van der Waals surface area contributed by atoms with Crippen LogP contribution in [-0.2, 0) is 0 Å². The van der Waals surface area contributed by atoms with Gasteiger partial charge in [0.15, 0.2) is 0 Å². The maximum Gasteiger partial charge on any atom is 0.397 e. The summed E-state index contributed by atoms with van der Waals surface area (Å²) >= 11 is 9.82. The van der Waals surface area contributed by atoms with E-state index in [0.29, 0.717) is 6.07 Å². The van der Waals surface area contributed by atoms with E-state index in [9.17, 15) is 30.3 Å². The number of nitro groups is 3. The Kier molecular flexibility index (Phi) is 4.24. The predicted octanol–water partition coefficient (Wildman–Crippen LogP) is 2.48. The molecule has 0 amide bonds. The normalized spacial score (nSPS) is 9.79. The number of nitrogens with zero attached hydrogens (tertiary/aromatic N) is 3. The fraction of sp³-hybridized carbons (Fsp3) is 0. The van der Waals surface area contributed by atoms with Gasteiger partial charge in [-0.3, -0.25) is 30.3 Å². The SMILES string of the molecule is O=[N+]([O-])c1cc(OCl)c([N+](=O)[O-])c(OCl)c1[N+](=O)[O-]. The molecule has 0 fully saturated rings. The van der Waals surface area contributed by atoms with Crippen molar-refractivity contribution in [1.82, 2.24) is 0 Å². The third kappa shape index (κ3) is 2.56. The van der Waals surface area contributed by atoms with E-state index >= 15 is 0 Å². The van der Waals surface area contributed by atoms with Gasteiger partial charge in [0.1, 0.15) is 23.7 Å². The zero-order chi connectivity index (χ0) is 14.7. The van der Waals surface area contributed by atoms with E-state index in [1.54, 1.807) is 0 Å². The highest BCUT2D eigenvalue weighted by Gasteiger charge is 2.41. The molecule has 1 aromatic carbocycles. The van der Waals surface area contributed by atoms with Crippen molar-refractivity contribution in [1.29, 1.82) is 0 Å². The van der Waals surface area contributed by atoms with Crippen LogP contribution < -0.4 is 8.58 Å². The van der Waals surface area contributed by atoms with E-state index in [2.05, 4.69) is 8.58 Å². The van der Waals surface area contributed by atoms with Crippen LogP contribution in [0.25, 0.3) is 0 Å². The van der Waals surface area contributed by atoms with Crippen LogP contribution in [0.1, 0.15) is 0 Å². The predicted molar refractivity (Wildman–Crippen MR) is 59.4 cm³/mol. The van der Waals surface area contributed by atoms with Crippen LogP contribution in [0.5, 0.6) is 11.5 Å². The second-order valence-electron chi connectivity index (χ2n) is 2.85. The summed E-state index contributed by atoms with van der Waals surface area (Å²) in [5.41, 5.74) is -3.52. The lowest BCUT2D eigenvalue weighted by Gasteiger charge is -2.04. The van der Waals surface area contributed by atoms with Gasteiger partial charge in [-0.25, -0.2) is 0 Å². The standard InChI is InChI=1S/C6HCl2N3O8/c7-18-3-1-2(9(12)13)4(10(14)15)6(19-8)5(3)11(16)17/h1H. The zero-order valence-electron chi connectivity index (χ0n) is 8.44. The lowest BCUT2D eigenvalue weighted by Crippen LogP contribution is -2.02. The van der Waals surface area contributed by atoms with Gasteiger partial charge in [0, 0.05) is 0 Å². The van der Waals surface area contributed by atoms with Crippen LogP contribution in [0.2, 0.25) is 0 Å². The number of benzene rings is 1. The molecule has 1 aromatic rings. The fourth-order valence-corrected chi connectivity index (χ4v) is 1.49. The lowest BCUT2D eigenvalue weighted by molar-refractivity contribution is -0.425. The number of nitro benzene ring substituents is 3. The first-order valence-electron chi connectivity index (χ1n) is 4.06. The molecule has 11 nitrogen and oxygen atoms in total. The van der Waals surface area contributed by atoms with Crippen LogP contribution in [0.3, 0.4) is 0 Å². The first-order chi connectivity index (χ1) is 8.84. The van der Waals surface area contributed by atoms with E-state index in [4.69, 9.17) is 23.7 Å². The summed E-state index contributed by atoms with van der Waals surface area (Å²) in [6, 6.07) is 0.419. The van der Waals surface area contributed by atoms with Gasteiger partial charge in [0.25, 0.3) is 0 Å². The molecule has 19 heavy (non-hydrogen) atoms. The van der Waals surface area contributed by atoms with Gasteiger partial charge < -0.3 is 8.58 Å². The number of rotatable bonds is 5. The molecule has 13 heteroatoms. The Morgan fingerprint density at radius 2 is 1.42 bits per heavy atom. The van der Waals surface area contributed by atoms with E-state index in [-0.39, 0.29) is 0 Å². The average Bonchev–Trinajstić information content (AvgIpc) is 2.35. The monoisotopic (exact) mass is 313 g/mol. The van der Waals surface area contributed by atoms with Gasteiger partial charge in [0.05, 0.1) is 20.8 Å². The van der Waals surface area contributed by atoms with Crippen LogP contribution >= 0.6 is 23.7 Å². The van der Waals surface area contributed by atoms with Crippen molar-refractivity contribution in [3.63, 3.8) is 0 Å². The Labute approximate surface area is 113 Å². The summed E-state index contributed by atoms with van der Waals surface area (Å²) < 4.78 is 8.02. The maximum atomic E-state index is 10.8. The minimum Gasteiger partial charge on any atom is -0.378 e. The molecule has 1 rings (SSSR count). The van der Waals surface area contributed by atoms with E-state index in [0.717, 1.165) is 0 Å². The molecule has 0 spiro atoms. The molecule has 0 N–H and O–H groups in total. The smallest absolute Gasteiger partial charge is 0.378 e.